The summed E-state index contributed by atoms with van der Waals surface area (Å²) in [6.07, 6.45) is 3.02. The molecule has 1 aromatic carbocycles. The number of H-pyrrole nitrogens is 1. The van der Waals surface area contributed by atoms with E-state index in [1.807, 2.05) is 6.20 Å². The van der Waals surface area contributed by atoms with E-state index in [9.17, 15) is 0 Å². The van der Waals surface area contributed by atoms with Crippen molar-refractivity contribution >= 4 is 16.6 Å². The van der Waals surface area contributed by atoms with Gasteiger partial charge in [-0.1, -0.05) is 6.07 Å². The normalized spacial score (nSPS) is 14.7. The summed E-state index contributed by atoms with van der Waals surface area (Å²) in [5.41, 5.74) is 3.79. The summed E-state index contributed by atoms with van der Waals surface area (Å²) >= 11 is 0. The Hall–Kier alpha value is -1.51. The minimum absolute atomic E-state index is 1.06. The fraction of sp³-hybridized carbons (Fsp3) is 0.222. The number of anilines is 1. The summed E-state index contributed by atoms with van der Waals surface area (Å²) in [5.74, 6) is 0. The molecule has 1 aliphatic rings. The van der Waals surface area contributed by atoms with E-state index < -0.39 is 0 Å². The van der Waals surface area contributed by atoms with E-state index >= 15 is 0 Å². The molecule has 0 atom stereocenters. The van der Waals surface area contributed by atoms with Crippen molar-refractivity contribution < 1.29 is 0 Å². The first-order chi connectivity index (χ1) is 5.95. The zero-order valence-electron chi connectivity index (χ0n) is 6.59. The molecular formula is C9H9N3. The van der Waals surface area contributed by atoms with Crippen LogP contribution in [-0.2, 0) is 6.42 Å². The maximum Gasteiger partial charge on any atom is 0.0671 e. The molecular weight excluding hydrogens is 150 g/mol. The van der Waals surface area contributed by atoms with Gasteiger partial charge in [-0.15, -0.1) is 0 Å². The smallest absolute Gasteiger partial charge is 0.0671 e. The summed E-state index contributed by atoms with van der Waals surface area (Å²) in [7, 11) is 0. The van der Waals surface area contributed by atoms with Crippen LogP contribution in [0.2, 0.25) is 0 Å². The summed E-state index contributed by atoms with van der Waals surface area (Å²) in [6, 6.07) is 4.25. The lowest BCUT2D eigenvalue weighted by Crippen LogP contribution is -1.91. The SMILES string of the molecule is c1cc2[nH]ncc2c2c1CCN2. The molecule has 0 saturated heterocycles. The predicted octanol–water partition coefficient (Wildman–Crippen LogP) is 1.53. The summed E-state index contributed by atoms with van der Waals surface area (Å²) in [6.45, 7) is 1.06. The first kappa shape index (κ1) is 6.06. The van der Waals surface area contributed by atoms with Crippen LogP contribution in [0.25, 0.3) is 10.9 Å². The lowest BCUT2D eigenvalue weighted by atomic mass is 10.1. The van der Waals surface area contributed by atoms with Gasteiger partial charge in [0.2, 0.25) is 0 Å². The van der Waals surface area contributed by atoms with Crippen molar-refractivity contribution in [2.45, 2.75) is 6.42 Å². The van der Waals surface area contributed by atoms with E-state index in [1.54, 1.807) is 0 Å². The Morgan fingerprint density at radius 3 is 3.33 bits per heavy atom. The second-order valence-corrected chi connectivity index (χ2v) is 3.11. The number of benzene rings is 1. The van der Waals surface area contributed by atoms with Crippen LogP contribution in [-0.4, -0.2) is 16.7 Å². The second kappa shape index (κ2) is 2.00. The number of hydrogen-bond donors (Lipinski definition) is 2. The molecule has 0 unspecified atom stereocenters. The molecule has 0 radical (unpaired) electrons. The molecule has 1 aliphatic heterocycles. The fourth-order valence-electron chi connectivity index (χ4n) is 1.80. The third kappa shape index (κ3) is 0.630. The van der Waals surface area contributed by atoms with Crippen LogP contribution in [0.15, 0.2) is 18.3 Å². The highest BCUT2D eigenvalue weighted by Crippen LogP contribution is 2.29. The molecule has 3 rings (SSSR count). The highest BCUT2D eigenvalue weighted by atomic mass is 15.1. The van der Waals surface area contributed by atoms with Gasteiger partial charge < -0.3 is 5.32 Å². The van der Waals surface area contributed by atoms with E-state index in [0.717, 1.165) is 18.5 Å². The molecule has 0 spiro atoms. The third-order valence-electron chi connectivity index (χ3n) is 2.41. The summed E-state index contributed by atoms with van der Waals surface area (Å²) in [5, 5.41) is 11.6. The molecule has 60 valence electrons. The average molecular weight is 159 g/mol. The molecule has 2 heterocycles. The highest BCUT2D eigenvalue weighted by Gasteiger charge is 2.13. The second-order valence-electron chi connectivity index (χ2n) is 3.11. The average Bonchev–Trinajstić information content (AvgIpc) is 2.71. The first-order valence-corrected chi connectivity index (χ1v) is 4.14. The van der Waals surface area contributed by atoms with Gasteiger partial charge in [-0.05, 0) is 18.1 Å². The quantitative estimate of drug-likeness (QED) is 0.612. The van der Waals surface area contributed by atoms with Crippen molar-refractivity contribution in [3.63, 3.8) is 0 Å². The Balaban J connectivity index is 2.46. The van der Waals surface area contributed by atoms with E-state index in [0.29, 0.717) is 0 Å². The Bertz CT molecular complexity index is 430. The predicted molar refractivity (Wildman–Crippen MR) is 48.3 cm³/mol. The van der Waals surface area contributed by atoms with Crippen LogP contribution >= 0.6 is 0 Å². The topological polar surface area (TPSA) is 40.7 Å². The van der Waals surface area contributed by atoms with E-state index in [1.165, 1.54) is 16.6 Å². The maximum absolute atomic E-state index is 4.01. The Labute approximate surface area is 69.8 Å². The van der Waals surface area contributed by atoms with Crippen LogP contribution in [0.4, 0.5) is 5.69 Å². The van der Waals surface area contributed by atoms with Gasteiger partial charge in [0.15, 0.2) is 0 Å². The van der Waals surface area contributed by atoms with Crippen LogP contribution in [0.5, 0.6) is 0 Å². The number of hydrogen-bond acceptors (Lipinski definition) is 2. The monoisotopic (exact) mass is 159 g/mol. The highest BCUT2D eigenvalue weighted by molar-refractivity contribution is 5.93. The van der Waals surface area contributed by atoms with Gasteiger partial charge in [-0.25, -0.2) is 0 Å². The Morgan fingerprint density at radius 2 is 2.33 bits per heavy atom. The number of rotatable bonds is 0. The van der Waals surface area contributed by atoms with Crippen molar-refractivity contribution in [3.8, 4) is 0 Å². The van der Waals surface area contributed by atoms with Crippen LogP contribution in [0.3, 0.4) is 0 Å². The molecule has 3 nitrogen and oxygen atoms in total. The van der Waals surface area contributed by atoms with Crippen molar-refractivity contribution in [3.05, 3.63) is 23.9 Å². The number of aromatic nitrogens is 2. The number of nitrogens with zero attached hydrogens (tertiary/aromatic N) is 1. The van der Waals surface area contributed by atoms with Gasteiger partial charge in [0.25, 0.3) is 0 Å². The number of fused-ring (bicyclic) bond motifs is 3. The van der Waals surface area contributed by atoms with Crippen molar-refractivity contribution in [1.82, 2.24) is 10.2 Å². The van der Waals surface area contributed by atoms with E-state index in [2.05, 4.69) is 27.6 Å². The van der Waals surface area contributed by atoms with E-state index in [-0.39, 0.29) is 0 Å². The largest absolute Gasteiger partial charge is 0.384 e. The molecule has 0 amide bonds. The molecule has 0 aliphatic carbocycles. The standard InChI is InChI=1S/C9H9N3/c1-2-8-7(5-11-12-8)9-6(1)3-4-10-9/h1-2,5,10H,3-4H2,(H,11,12). The van der Waals surface area contributed by atoms with Crippen LogP contribution < -0.4 is 5.32 Å². The van der Waals surface area contributed by atoms with Gasteiger partial charge >= 0.3 is 0 Å². The van der Waals surface area contributed by atoms with Gasteiger partial charge in [-0.3, -0.25) is 5.10 Å². The van der Waals surface area contributed by atoms with Gasteiger partial charge in [0.1, 0.15) is 0 Å². The van der Waals surface area contributed by atoms with Crippen molar-refractivity contribution in [2.75, 3.05) is 11.9 Å². The van der Waals surface area contributed by atoms with Crippen molar-refractivity contribution in [1.29, 1.82) is 0 Å². The molecule has 0 bridgehead atoms. The van der Waals surface area contributed by atoms with Crippen LogP contribution in [0.1, 0.15) is 5.56 Å². The molecule has 2 N–H and O–H groups in total. The molecule has 3 heteroatoms. The molecule has 0 fully saturated rings. The van der Waals surface area contributed by atoms with Gasteiger partial charge in [0, 0.05) is 17.6 Å². The number of aromatic amines is 1. The zero-order valence-corrected chi connectivity index (χ0v) is 6.59. The lowest BCUT2D eigenvalue weighted by Gasteiger charge is -1.99. The summed E-state index contributed by atoms with van der Waals surface area (Å²) < 4.78 is 0. The fourth-order valence-corrected chi connectivity index (χ4v) is 1.80. The zero-order chi connectivity index (χ0) is 7.97. The Morgan fingerprint density at radius 1 is 1.33 bits per heavy atom. The van der Waals surface area contributed by atoms with E-state index in [4.69, 9.17) is 0 Å². The molecule has 12 heavy (non-hydrogen) atoms. The maximum atomic E-state index is 4.01. The molecule has 1 aromatic heterocycles. The Kier molecular flexibility index (Phi) is 1.01. The third-order valence-corrected chi connectivity index (χ3v) is 2.41. The minimum Gasteiger partial charge on any atom is -0.384 e. The van der Waals surface area contributed by atoms with Crippen molar-refractivity contribution in [2.24, 2.45) is 0 Å². The first-order valence-electron chi connectivity index (χ1n) is 4.14. The summed E-state index contributed by atoms with van der Waals surface area (Å²) in [4.78, 5) is 0. The number of nitrogens with one attached hydrogen (secondary N) is 2. The van der Waals surface area contributed by atoms with Crippen LogP contribution in [0, 0.1) is 0 Å². The van der Waals surface area contributed by atoms with Gasteiger partial charge in [-0.2, -0.15) is 5.10 Å². The molecule has 0 saturated carbocycles. The minimum atomic E-state index is 1.06. The molecule has 2 aromatic rings. The van der Waals surface area contributed by atoms with Gasteiger partial charge in [0.05, 0.1) is 11.7 Å². The lowest BCUT2D eigenvalue weighted by molar-refractivity contribution is 1.10.